The van der Waals surface area contributed by atoms with Crippen LogP contribution in [0.3, 0.4) is 0 Å². The SMILES string of the molecule is CCNC(=NCCS(=O)(=O)c1ccccc1)N(C)Cc1ccc(Cl)cc1.I. The number of nitrogens with zero attached hydrogens (tertiary/aromatic N) is 2. The van der Waals surface area contributed by atoms with E-state index in [0.29, 0.717) is 29.0 Å². The lowest BCUT2D eigenvalue weighted by atomic mass is 10.2. The molecule has 0 aliphatic heterocycles. The average Bonchev–Trinajstić information content (AvgIpc) is 2.63. The molecule has 0 atom stereocenters. The molecule has 2 aromatic rings. The molecule has 0 aromatic heterocycles. The van der Waals surface area contributed by atoms with E-state index in [4.69, 9.17) is 11.6 Å². The molecule has 2 rings (SSSR count). The molecule has 0 bridgehead atoms. The summed E-state index contributed by atoms with van der Waals surface area (Å²) in [5.41, 5.74) is 1.10. The summed E-state index contributed by atoms with van der Waals surface area (Å²) in [5, 5.41) is 3.89. The van der Waals surface area contributed by atoms with Crippen LogP contribution in [0.25, 0.3) is 0 Å². The smallest absolute Gasteiger partial charge is 0.193 e. The zero-order valence-corrected chi connectivity index (χ0v) is 19.3. The maximum Gasteiger partial charge on any atom is 0.193 e. The normalized spacial score (nSPS) is 11.6. The van der Waals surface area contributed by atoms with Crippen molar-refractivity contribution in [3.05, 3.63) is 65.2 Å². The van der Waals surface area contributed by atoms with Gasteiger partial charge in [0.05, 0.1) is 17.2 Å². The third kappa shape index (κ3) is 7.67. The summed E-state index contributed by atoms with van der Waals surface area (Å²) in [6, 6.07) is 16.1. The van der Waals surface area contributed by atoms with Crippen LogP contribution >= 0.6 is 35.6 Å². The minimum atomic E-state index is -3.33. The maximum atomic E-state index is 12.3. The third-order valence-electron chi connectivity index (χ3n) is 3.75. The number of nitrogens with one attached hydrogen (secondary N) is 1. The van der Waals surface area contributed by atoms with Crippen LogP contribution in [0.2, 0.25) is 5.02 Å². The highest BCUT2D eigenvalue weighted by molar-refractivity contribution is 14.0. The van der Waals surface area contributed by atoms with Gasteiger partial charge in [0.1, 0.15) is 0 Å². The van der Waals surface area contributed by atoms with E-state index in [2.05, 4.69) is 10.3 Å². The Morgan fingerprint density at radius 1 is 1.11 bits per heavy atom. The molecular weight excluding hydrogens is 497 g/mol. The maximum absolute atomic E-state index is 12.3. The van der Waals surface area contributed by atoms with Crippen LogP contribution in [0.4, 0.5) is 0 Å². The quantitative estimate of drug-likeness (QED) is 0.342. The molecule has 0 aliphatic carbocycles. The number of aliphatic imine (C=N–C) groups is 1. The molecule has 0 saturated carbocycles. The molecule has 5 nitrogen and oxygen atoms in total. The van der Waals surface area contributed by atoms with Gasteiger partial charge in [-0.3, -0.25) is 4.99 Å². The van der Waals surface area contributed by atoms with Gasteiger partial charge in [-0.15, -0.1) is 24.0 Å². The summed E-state index contributed by atoms with van der Waals surface area (Å²) in [6.45, 7) is 3.53. The van der Waals surface area contributed by atoms with Crippen molar-refractivity contribution in [1.82, 2.24) is 10.2 Å². The lowest BCUT2D eigenvalue weighted by Gasteiger charge is -2.22. The fourth-order valence-electron chi connectivity index (χ4n) is 2.43. The second-order valence-corrected chi connectivity index (χ2v) is 8.40. The number of rotatable bonds is 7. The van der Waals surface area contributed by atoms with Gasteiger partial charge in [0.2, 0.25) is 0 Å². The van der Waals surface area contributed by atoms with Crippen LogP contribution in [0.5, 0.6) is 0 Å². The number of benzene rings is 2. The Kier molecular flexibility index (Phi) is 10.1. The Morgan fingerprint density at radius 2 is 1.74 bits per heavy atom. The van der Waals surface area contributed by atoms with Crippen molar-refractivity contribution < 1.29 is 8.42 Å². The number of halogens is 2. The average molecular weight is 522 g/mol. The van der Waals surface area contributed by atoms with Crippen LogP contribution in [-0.4, -0.2) is 45.2 Å². The van der Waals surface area contributed by atoms with Gasteiger partial charge in [-0.05, 0) is 36.8 Å². The van der Waals surface area contributed by atoms with E-state index in [-0.39, 0.29) is 36.3 Å². The van der Waals surface area contributed by atoms with E-state index < -0.39 is 9.84 Å². The fraction of sp³-hybridized carbons (Fsp3) is 0.316. The van der Waals surface area contributed by atoms with Crippen LogP contribution in [0, 0.1) is 0 Å². The van der Waals surface area contributed by atoms with E-state index in [0.717, 1.165) is 5.56 Å². The van der Waals surface area contributed by atoms with Gasteiger partial charge in [-0.1, -0.05) is 41.9 Å². The third-order valence-corrected chi connectivity index (χ3v) is 5.72. The van der Waals surface area contributed by atoms with Crippen molar-refractivity contribution in [2.24, 2.45) is 4.99 Å². The number of hydrogen-bond acceptors (Lipinski definition) is 3. The van der Waals surface area contributed by atoms with Crippen LogP contribution in [0.1, 0.15) is 12.5 Å². The molecule has 0 aliphatic rings. The van der Waals surface area contributed by atoms with Gasteiger partial charge in [-0.25, -0.2) is 8.42 Å². The highest BCUT2D eigenvalue weighted by atomic mass is 127. The largest absolute Gasteiger partial charge is 0.357 e. The zero-order chi connectivity index (χ0) is 19.0. The van der Waals surface area contributed by atoms with Crippen molar-refractivity contribution in [3.8, 4) is 0 Å². The Bertz CT molecular complexity index is 828. The molecule has 0 saturated heterocycles. The Balaban J connectivity index is 0.00000364. The highest BCUT2D eigenvalue weighted by Crippen LogP contribution is 2.12. The monoisotopic (exact) mass is 521 g/mol. The van der Waals surface area contributed by atoms with Crippen LogP contribution in [0.15, 0.2) is 64.5 Å². The van der Waals surface area contributed by atoms with Crippen molar-refractivity contribution in [3.63, 3.8) is 0 Å². The summed E-state index contributed by atoms with van der Waals surface area (Å²) in [7, 11) is -1.41. The Morgan fingerprint density at radius 3 is 2.33 bits per heavy atom. The molecular formula is C19H25ClIN3O2S. The summed E-state index contributed by atoms with van der Waals surface area (Å²) in [4.78, 5) is 6.75. The van der Waals surface area contributed by atoms with Gasteiger partial charge in [-0.2, -0.15) is 0 Å². The van der Waals surface area contributed by atoms with Crippen LogP contribution in [-0.2, 0) is 16.4 Å². The first-order chi connectivity index (χ1) is 12.4. The van der Waals surface area contributed by atoms with E-state index in [1.54, 1.807) is 30.3 Å². The van der Waals surface area contributed by atoms with Crippen LogP contribution < -0.4 is 5.32 Å². The van der Waals surface area contributed by atoms with Crippen molar-refractivity contribution in [2.45, 2.75) is 18.4 Å². The number of sulfone groups is 1. The molecule has 0 spiro atoms. The first-order valence-corrected chi connectivity index (χ1v) is 10.5. The van der Waals surface area contributed by atoms with Crippen molar-refractivity contribution in [1.29, 1.82) is 0 Å². The molecule has 0 unspecified atom stereocenters. The van der Waals surface area contributed by atoms with Crippen molar-refractivity contribution in [2.75, 3.05) is 25.9 Å². The minimum absolute atomic E-state index is 0. The van der Waals surface area contributed by atoms with Gasteiger partial charge in [0.15, 0.2) is 15.8 Å². The summed E-state index contributed by atoms with van der Waals surface area (Å²) < 4.78 is 24.7. The topological polar surface area (TPSA) is 61.8 Å². The van der Waals surface area contributed by atoms with E-state index in [1.807, 2.05) is 43.1 Å². The second-order valence-electron chi connectivity index (χ2n) is 5.85. The van der Waals surface area contributed by atoms with Gasteiger partial charge in [0, 0.05) is 25.2 Å². The predicted molar refractivity (Wildman–Crippen MR) is 123 cm³/mol. The molecule has 0 fully saturated rings. The van der Waals surface area contributed by atoms with Gasteiger partial charge >= 0.3 is 0 Å². The number of hydrogen-bond donors (Lipinski definition) is 1. The second kappa shape index (κ2) is 11.5. The summed E-state index contributed by atoms with van der Waals surface area (Å²) in [5.74, 6) is 0.645. The van der Waals surface area contributed by atoms with Gasteiger partial charge < -0.3 is 10.2 Å². The lowest BCUT2D eigenvalue weighted by molar-refractivity contribution is 0.477. The summed E-state index contributed by atoms with van der Waals surface area (Å²) >= 11 is 5.92. The fourth-order valence-corrected chi connectivity index (χ4v) is 3.69. The molecule has 2 aromatic carbocycles. The van der Waals surface area contributed by atoms with E-state index in [1.165, 1.54) is 0 Å². The van der Waals surface area contributed by atoms with E-state index >= 15 is 0 Å². The molecule has 148 valence electrons. The molecule has 8 heteroatoms. The van der Waals surface area contributed by atoms with Crippen molar-refractivity contribution >= 4 is 51.4 Å². The molecule has 27 heavy (non-hydrogen) atoms. The Hall–Kier alpha value is -1.32. The molecule has 0 amide bonds. The highest BCUT2D eigenvalue weighted by Gasteiger charge is 2.14. The first kappa shape index (κ1) is 23.7. The lowest BCUT2D eigenvalue weighted by Crippen LogP contribution is -2.38. The minimum Gasteiger partial charge on any atom is -0.357 e. The molecule has 1 N–H and O–H groups in total. The van der Waals surface area contributed by atoms with Gasteiger partial charge in [0.25, 0.3) is 0 Å². The number of guanidine groups is 1. The summed E-state index contributed by atoms with van der Waals surface area (Å²) in [6.07, 6.45) is 0. The predicted octanol–water partition coefficient (Wildman–Crippen LogP) is 3.83. The van der Waals surface area contributed by atoms with E-state index in [9.17, 15) is 8.42 Å². The zero-order valence-electron chi connectivity index (χ0n) is 15.4. The Labute approximate surface area is 183 Å². The molecule has 0 heterocycles. The standard InChI is InChI=1S/C19H24ClN3O2S.HI/c1-3-21-19(23(2)15-16-9-11-17(20)12-10-16)22-13-14-26(24,25)18-7-5-4-6-8-18;/h4-12H,3,13-15H2,1-2H3,(H,21,22);1H. The molecule has 0 radical (unpaired) electrons. The first-order valence-electron chi connectivity index (χ1n) is 8.44.